The number of allylic oxidation sites excluding steroid dienone is 2. The van der Waals surface area contributed by atoms with E-state index in [9.17, 15) is 0 Å². The van der Waals surface area contributed by atoms with Gasteiger partial charge in [-0.1, -0.05) is 24.8 Å². The van der Waals surface area contributed by atoms with Gasteiger partial charge in [0.05, 0.1) is 12.5 Å². The first-order valence-electron chi connectivity index (χ1n) is 4.42. The van der Waals surface area contributed by atoms with Crippen molar-refractivity contribution in [3.63, 3.8) is 0 Å². The van der Waals surface area contributed by atoms with Gasteiger partial charge >= 0.3 is 0 Å². The smallest absolute Gasteiger partial charge is 0.0829 e. The van der Waals surface area contributed by atoms with Gasteiger partial charge in [0.15, 0.2) is 0 Å². The van der Waals surface area contributed by atoms with Crippen LogP contribution in [0.3, 0.4) is 0 Å². The summed E-state index contributed by atoms with van der Waals surface area (Å²) in [5.41, 5.74) is 1.74. The molecule has 0 aromatic rings. The molecule has 2 aliphatic rings. The number of ether oxygens (including phenoxy) is 1. The predicted octanol–water partition coefficient (Wildman–Crippen LogP) is 3.41. The Bertz CT molecular complexity index is 185. The van der Waals surface area contributed by atoms with Gasteiger partial charge in [0.25, 0.3) is 0 Å². The van der Waals surface area contributed by atoms with Crippen LogP contribution in [0.1, 0.15) is 25.7 Å². The second-order valence-electron chi connectivity index (χ2n) is 3.18. The maximum Gasteiger partial charge on any atom is 0.0829 e. The summed E-state index contributed by atoms with van der Waals surface area (Å²) in [5, 5.41) is 0. The van der Waals surface area contributed by atoms with E-state index in [1.807, 2.05) is 0 Å². The predicted molar refractivity (Wildman–Crippen MR) is 51.5 cm³/mol. The largest absolute Gasteiger partial charge is 0.474 e. The summed E-state index contributed by atoms with van der Waals surface area (Å²) in [6.07, 6.45) is 10.8. The van der Waals surface area contributed by atoms with Gasteiger partial charge in [-0.2, -0.15) is 0 Å². The van der Waals surface area contributed by atoms with E-state index in [1.165, 1.54) is 38.2 Å². The lowest BCUT2D eigenvalue weighted by Crippen LogP contribution is -1.85. The van der Waals surface area contributed by atoms with E-state index in [1.54, 1.807) is 5.57 Å². The summed E-state index contributed by atoms with van der Waals surface area (Å²) >= 11 is 0. The maximum atomic E-state index is 4.36. The Hall–Kier alpha value is -0.980. The first kappa shape index (κ1) is 9.11. The van der Waals surface area contributed by atoms with Crippen molar-refractivity contribution in [2.24, 2.45) is 5.92 Å². The fourth-order valence-corrected chi connectivity index (χ4v) is 1.75. The molecule has 0 N–H and O–H groups in total. The Labute approximate surface area is 74.4 Å². The normalized spacial score (nSPS) is 23.7. The molecular weight excluding hydrogens is 148 g/mol. The molecule has 0 aromatic heterocycles. The molecule has 2 aliphatic carbocycles. The van der Waals surface area contributed by atoms with E-state index >= 15 is 0 Å². The third-order valence-electron chi connectivity index (χ3n) is 2.36. The van der Waals surface area contributed by atoms with E-state index in [2.05, 4.69) is 24.0 Å². The van der Waals surface area contributed by atoms with Crippen LogP contribution in [0.4, 0.5) is 0 Å². The summed E-state index contributed by atoms with van der Waals surface area (Å²) < 4.78 is 4.36. The minimum atomic E-state index is 1.08. The first-order chi connectivity index (χ1) is 5.86. The molecule has 1 unspecified atom stereocenters. The van der Waals surface area contributed by atoms with Crippen LogP contribution in [0.5, 0.6) is 0 Å². The van der Waals surface area contributed by atoms with Gasteiger partial charge in [0, 0.05) is 0 Å². The Morgan fingerprint density at radius 3 is 2.25 bits per heavy atom. The molecule has 66 valence electrons. The number of fused-ring (bicyclic) bond motifs is 2. The van der Waals surface area contributed by atoms with E-state index in [0.29, 0.717) is 0 Å². The number of hydrogen-bond acceptors (Lipinski definition) is 1. The van der Waals surface area contributed by atoms with Gasteiger partial charge in [0.2, 0.25) is 0 Å². The average molecular weight is 164 g/mol. The van der Waals surface area contributed by atoms with Gasteiger partial charge in [-0.15, -0.1) is 0 Å². The molecule has 1 nitrogen and oxygen atoms in total. The molecule has 2 bridgehead atoms. The van der Waals surface area contributed by atoms with Crippen LogP contribution in [0.25, 0.3) is 0 Å². The van der Waals surface area contributed by atoms with Crippen molar-refractivity contribution in [1.82, 2.24) is 0 Å². The van der Waals surface area contributed by atoms with Crippen molar-refractivity contribution in [2.75, 3.05) is 0 Å². The van der Waals surface area contributed by atoms with Crippen LogP contribution >= 0.6 is 0 Å². The van der Waals surface area contributed by atoms with Crippen molar-refractivity contribution in [2.45, 2.75) is 25.7 Å². The molecule has 1 saturated carbocycles. The molecule has 12 heavy (non-hydrogen) atoms. The first-order valence-corrected chi connectivity index (χ1v) is 4.42. The summed E-state index contributed by atoms with van der Waals surface area (Å²) in [5.74, 6) is 1.08. The van der Waals surface area contributed by atoms with Crippen LogP contribution < -0.4 is 0 Å². The highest BCUT2D eigenvalue weighted by Gasteiger charge is 2.22. The third-order valence-corrected chi connectivity index (χ3v) is 2.36. The highest BCUT2D eigenvalue weighted by molar-refractivity contribution is 5.15. The monoisotopic (exact) mass is 164 g/mol. The zero-order valence-electron chi connectivity index (χ0n) is 7.46. The highest BCUT2D eigenvalue weighted by atomic mass is 16.5. The van der Waals surface area contributed by atoms with E-state index in [-0.39, 0.29) is 0 Å². The molecule has 1 atom stereocenters. The molecule has 0 saturated heterocycles. The summed E-state index contributed by atoms with van der Waals surface area (Å²) in [6.45, 7) is 6.51. The van der Waals surface area contributed by atoms with Crippen molar-refractivity contribution in [1.29, 1.82) is 0 Å². The van der Waals surface area contributed by atoms with Crippen LogP contribution in [-0.2, 0) is 4.74 Å². The standard InChI is InChI=1S/C7H10.C4H6O/c1-2-7-4-3-6(1)5-7;1-3-5-4-2/h1,7H,2-5H2;3-4H,1-2H2. The SMILES string of the molecule is C1=C2CCC(C1)C2.C=COC=C. The Morgan fingerprint density at radius 1 is 1.42 bits per heavy atom. The summed E-state index contributed by atoms with van der Waals surface area (Å²) in [6, 6.07) is 0. The van der Waals surface area contributed by atoms with Crippen LogP contribution in [0, 0.1) is 5.92 Å². The van der Waals surface area contributed by atoms with Crippen LogP contribution in [0.2, 0.25) is 0 Å². The molecule has 0 heterocycles. The van der Waals surface area contributed by atoms with Crippen molar-refractivity contribution in [3.05, 3.63) is 37.3 Å². The molecule has 0 amide bonds. The molecule has 0 aromatic carbocycles. The van der Waals surface area contributed by atoms with E-state index in [0.717, 1.165) is 5.92 Å². The fraction of sp³-hybridized carbons (Fsp3) is 0.455. The van der Waals surface area contributed by atoms with Gasteiger partial charge in [-0.3, -0.25) is 0 Å². The van der Waals surface area contributed by atoms with E-state index in [4.69, 9.17) is 0 Å². The molecule has 1 fully saturated rings. The third kappa shape index (κ3) is 2.57. The van der Waals surface area contributed by atoms with Gasteiger partial charge in [-0.25, -0.2) is 0 Å². The zero-order chi connectivity index (χ0) is 8.81. The van der Waals surface area contributed by atoms with Gasteiger partial charge in [-0.05, 0) is 31.6 Å². The Morgan fingerprint density at radius 2 is 2.17 bits per heavy atom. The second-order valence-corrected chi connectivity index (χ2v) is 3.18. The van der Waals surface area contributed by atoms with Crippen molar-refractivity contribution in [3.8, 4) is 0 Å². The summed E-state index contributed by atoms with van der Waals surface area (Å²) in [4.78, 5) is 0. The molecule has 0 spiro atoms. The maximum absolute atomic E-state index is 4.36. The number of hydrogen-bond donors (Lipinski definition) is 0. The van der Waals surface area contributed by atoms with Crippen molar-refractivity contribution < 1.29 is 4.74 Å². The van der Waals surface area contributed by atoms with Gasteiger partial charge < -0.3 is 4.74 Å². The minimum Gasteiger partial charge on any atom is -0.474 e. The van der Waals surface area contributed by atoms with Crippen LogP contribution in [-0.4, -0.2) is 0 Å². The zero-order valence-corrected chi connectivity index (χ0v) is 7.46. The molecule has 1 heteroatoms. The van der Waals surface area contributed by atoms with Crippen molar-refractivity contribution >= 4 is 0 Å². The molecular formula is C11H16O. The number of rotatable bonds is 2. The van der Waals surface area contributed by atoms with Crippen LogP contribution in [0.15, 0.2) is 37.3 Å². The van der Waals surface area contributed by atoms with Gasteiger partial charge in [0.1, 0.15) is 0 Å². The second kappa shape index (κ2) is 4.81. The highest BCUT2D eigenvalue weighted by Crippen LogP contribution is 2.38. The quantitative estimate of drug-likeness (QED) is 0.449. The fourth-order valence-electron chi connectivity index (χ4n) is 1.75. The lowest BCUT2D eigenvalue weighted by atomic mass is 10.1. The summed E-state index contributed by atoms with van der Waals surface area (Å²) in [7, 11) is 0. The molecule has 0 aliphatic heterocycles. The lowest BCUT2D eigenvalue weighted by molar-refractivity contribution is 0.406. The molecule has 2 rings (SSSR count). The average Bonchev–Trinajstić information content (AvgIpc) is 2.69. The molecule has 0 radical (unpaired) electrons. The van der Waals surface area contributed by atoms with E-state index < -0.39 is 0 Å². The Balaban J connectivity index is 0.000000130. The Kier molecular flexibility index (Phi) is 3.65. The topological polar surface area (TPSA) is 9.23 Å². The lowest BCUT2D eigenvalue weighted by Gasteiger charge is -1.98. The minimum absolute atomic E-state index is 1.08.